The molecule has 0 unspecified atom stereocenters. The molecule has 7 heteroatoms. The van der Waals surface area contributed by atoms with E-state index in [-0.39, 0.29) is 22.8 Å². The Hall–Kier alpha value is -3.45. The van der Waals surface area contributed by atoms with Gasteiger partial charge in [0.2, 0.25) is 5.75 Å². The number of hydrogen-bond acceptors (Lipinski definition) is 7. The zero-order chi connectivity index (χ0) is 21.7. The van der Waals surface area contributed by atoms with Crippen molar-refractivity contribution in [3.05, 3.63) is 53.8 Å². The van der Waals surface area contributed by atoms with Crippen LogP contribution >= 0.6 is 0 Å². The van der Waals surface area contributed by atoms with Crippen molar-refractivity contribution in [2.75, 3.05) is 41.5 Å². The van der Waals surface area contributed by atoms with E-state index in [1.807, 2.05) is 19.0 Å². The Morgan fingerprint density at radius 1 is 1.10 bits per heavy atom. The molecule has 0 aliphatic heterocycles. The summed E-state index contributed by atoms with van der Waals surface area (Å²) in [5, 5.41) is 10.6. The van der Waals surface area contributed by atoms with Gasteiger partial charge in [0.1, 0.15) is 23.7 Å². The van der Waals surface area contributed by atoms with Crippen LogP contribution in [0.5, 0.6) is 23.0 Å². The lowest BCUT2D eigenvalue weighted by Crippen LogP contribution is -2.20. The normalized spacial score (nSPS) is 11.4. The molecule has 0 amide bonds. The summed E-state index contributed by atoms with van der Waals surface area (Å²) in [7, 11) is 6.84. The SMILES string of the molecule is COc1c(C(=O)/C=C/c2ccccc2O)c(OCCN(C)C)c(OC)c2occc12. The number of carbonyl (C=O) groups excluding carboxylic acids is 1. The number of fused-ring (bicyclic) bond motifs is 1. The summed E-state index contributed by atoms with van der Waals surface area (Å²) in [6.45, 7) is 0.977. The topological polar surface area (TPSA) is 81.4 Å². The Morgan fingerprint density at radius 2 is 1.83 bits per heavy atom. The maximum absolute atomic E-state index is 13.2. The molecule has 0 aliphatic carbocycles. The molecule has 0 spiro atoms. The van der Waals surface area contributed by atoms with Gasteiger partial charge in [-0.3, -0.25) is 4.79 Å². The first-order valence-corrected chi connectivity index (χ1v) is 9.41. The zero-order valence-electron chi connectivity index (χ0n) is 17.5. The second-order valence-electron chi connectivity index (χ2n) is 6.84. The number of allylic oxidation sites excluding steroid dienone is 1. The number of methoxy groups -OCH3 is 2. The van der Waals surface area contributed by atoms with Crippen LogP contribution in [-0.2, 0) is 0 Å². The third-order valence-corrected chi connectivity index (χ3v) is 4.57. The molecule has 30 heavy (non-hydrogen) atoms. The van der Waals surface area contributed by atoms with Gasteiger partial charge in [-0.05, 0) is 38.4 Å². The van der Waals surface area contributed by atoms with Crippen LogP contribution in [0.3, 0.4) is 0 Å². The van der Waals surface area contributed by atoms with E-state index in [4.69, 9.17) is 18.6 Å². The fourth-order valence-corrected chi connectivity index (χ4v) is 3.08. The highest BCUT2D eigenvalue weighted by molar-refractivity contribution is 6.15. The smallest absolute Gasteiger partial charge is 0.205 e. The highest BCUT2D eigenvalue weighted by Crippen LogP contribution is 2.46. The number of phenolic OH excluding ortho intramolecular Hbond substituents is 1. The van der Waals surface area contributed by atoms with Crippen molar-refractivity contribution in [3.63, 3.8) is 0 Å². The van der Waals surface area contributed by atoms with E-state index in [0.717, 1.165) is 0 Å². The van der Waals surface area contributed by atoms with Gasteiger partial charge < -0.3 is 28.6 Å². The van der Waals surface area contributed by atoms with Crippen LogP contribution in [0.4, 0.5) is 0 Å². The molecule has 0 saturated carbocycles. The minimum absolute atomic E-state index is 0.0823. The van der Waals surface area contributed by atoms with Gasteiger partial charge in [-0.2, -0.15) is 0 Å². The number of carbonyl (C=O) groups is 1. The fraction of sp³-hybridized carbons (Fsp3) is 0.261. The molecule has 0 radical (unpaired) electrons. The summed E-state index contributed by atoms with van der Waals surface area (Å²) in [6, 6.07) is 8.47. The first kappa shape index (κ1) is 21.3. The zero-order valence-corrected chi connectivity index (χ0v) is 17.5. The van der Waals surface area contributed by atoms with Gasteiger partial charge in [0, 0.05) is 12.1 Å². The van der Waals surface area contributed by atoms with Gasteiger partial charge in [-0.15, -0.1) is 0 Å². The number of benzene rings is 2. The quantitative estimate of drug-likeness (QED) is 0.421. The van der Waals surface area contributed by atoms with Crippen molar-refractivity contribution in [2.45, 2.75) is 0 Å². The van der Waals surface area contributed by atoms with Crippen molar-refractivity contribution in [2.24, 2.45) is 0 Å². The van der Waals surface area contributed by atoms with Crippen LogP contribution in [0.2, 0.25) is 0 Å². The fourth-order valence-electron chi connectivity index (χ4n) is 3.08. The number of likely N-dealkylation sites (N-methyl/N-ethyl adjacent to an activating group) is 1. The molecule has 0 fully saturated rings. The monoisotopic (exact) mass is 411 g/mol. The molecule has 158 valence electrons. The molecule has 0 saturated heterocycles. The van der Waals surface area contributed by atoms with Gasteiger partial charge in [0.15, 0.2) is 17.1 Å². The van der Waals surface area contributed by atoms with E-state index in [9.17, 15) is 9.90 Å². The maximum atomic E-state index is 13.2. The van der Waals surface area contributed by atoms with Crippen molar-refractivity contribution in [1.29, 1.82) is 0 Å². The molecule has 0 aliphatic rings. The molecule has 0 bridgehead atoms. The second-order valence-corrected chi connectivity index (χ2v) is 6.84. The molecule has 2 aromatic carbocycles. The molecule has 1 N–H and O–H groups in total. The van der Waals surface area contributed by atoms with Crippen LogP contribution in [0.25, 0.3) is 17.0 Å². The maximum Gasteiger partial charge on any atom is 0.205 e. The number of nitrogens with zero attached hydrogens (tertiary/aromatic N) is 1. The average Bonchev–Trinajstić information content (AvgIpc) is 3.21. The summed E-state index contributed by atoms with van der Waals surface area (Å²) < 4.78 is 22.7. The van der Waals surface area contributed by atoms with Crippen molar-refractivity contribution in [1.82, 2.24) is 4.90 Å². The van der Waals surface area contributed by atoms with E-state index >= 15 is 0 Å². The van der Waals surface area contributed by atoms with Crippen LogP contribution in [0.15, 0.2) is 47.1 Å². The number of hydrogen-bond donors (Lipinski definition) is 1. The molecular weight excluding hydrogens is 386 g/mol. The standard InChI is InChI=1S/C23H25NO6/c1-24(2)12-14-30-22-19(18(26)10-9-15-7-5-6-8-17(15)25)20(27-3)16-11-13-29-21(16)23(22)28-4/h5-11,13,25H,12,14H2,1-4H3/b10-9+. The lowest BCUT2D eigenvalue weighted by molar-refractivity contribution is 0.104. The van der Waals surface area contributed by atoms with Crippen molar-refractivity contribution < 1.29 is 28.5 Å². The molecule has 1 heterocycles. The lowest BCUT2D eigenvalue weighted by Gasteiger charge is -2.18. The number of para-hydroxylation sites is 1. The highest BCUT2D eigenvalue weighted by atomic mass is 16.5. The summed E-state index contributed by atoms with van der Waals surface area (Å²) in [5.74, 6) is 0.654. The molecule has 7 nitrogen and oxygen atoms in total. The van der Waals surface area contributed by atoms with Gasteiger partial charge in [0.25, 0.3) is 0 Å². The molecule has 3 aromatic rings. The molecule has 1 aromatic heterocycles. The van der Waals surface area contributed by atoms with E-state index in [0.29, 0.717) is 41.2 Å². The number of rotatable bonds is 9. The average molecular weight is 411 g/mol. The van der Waals surface area contributed by atoms with Crippen molar-refractivity contribution >= 4 is 22.8 Å². The van der Waals surface area contributed by atoms with E-state index < -0.39 is 0 Å². The first-order valence-electron chi connectivity index (χ1n) is 9.41. The van der Waals surface area contributed by atoms with Gasteiger partial charge in [0.05, 0.1) is 25.9 Å². The Bertz CT molecular complexity index is 1070. The molecular formula is C23H25NO6. The predicted octanol–water partition coefficient (Wildman–Crippen LogP) is 3.99. The van der Waals surface area contributed by atoms with Crippen molar-refractivity contribution in [3.8, 4) is 23.0 Å². The lowest BCUT2D eigenvalue weighted by atomic mass is 10.0. The summed E-state index contributed by atoms with van der Waals surface area (Å²) in [6.07, 6.45) is 4.43. The third-order valence-electron chi connectivity index (χ3n) is 4.57. The number of phenols is 1. The van der Waals surface area contributed by atoms with Crippen LogP contribution in [0.1, 0.15) is 15.9 Å². The van der Waals surface area contributed by atoms with Crippen LogP contribution in [0, 0.1) is 0 Å². The Kier molecular flexibility index (Phi) is 6.64. The van der Waals surface area contributed by atoms with E-state index in [2.05, 4.69) is 0 Å². The van der Waals surface area contributed by atoms with Gasteiger partial charge in [-0.25, -0.2) is 0 Å². The number of furan rings is 1. The Morgan fingerprint density at radius 3 is 2.50 bits per heavy atom. The largest absolute Gasteiger partial charge is 0.507 e. The number of aromatic hydroxyl groups is 1. The minimum atomic E-state index is -0.351. The third kappa shape index (κ3) is 4.26. The minimum Gasteiger partial charge on any atom is -0.507 e. The molecule has 3 rings (SSSR count). The van der Waals surface area contributed by atoms with E-state index in [1.54, 1.807) is 36.4 Å². The number of ketones is 1. The van der Waals surface area contributed by atoms with Crippen LogP contribution < -0.4 is 14.2 Å². The van der Waals surface area contributed by atoms with Gasteiger partial charge in [-0.1, -0.05) is 18.2 Å². The molecule has 0 atom stereocenters. The summed E-state index contributed by atoms with van der Waals surface area (Å²) in [4.78, 5) is 15.2. The predicted molar refractivity (Wildman–Crippen MR) is 115 cm³/mol. The Balaban J connectivity index is 2.12. The second kappa shape index (κ2) is 9.37. The first-order chi connectivity index (χ1) is 14.5. The summed E-state index contributed by atoms with van der Waals surface area (Å²) in [5.41, 5.74) is 1.19. The highest BCUT2D eigenvalue weighted by Gasteiger charge is 2.28. The Labute approximate surface area is 175 Å². The number of ether oxygens (including phenoxy) is 3. The van der Waals surface area contributed by atoms with E-state index in [1.165, 1.54) is 26.6 Å². The van der Waals surface area contributed by atoms with Crippen LogP contribution in [-0.4, -0.2) is 57.3 Å². The van der Waals surface area contributed by atoms with Gasteiger partial charge >= 0.3 is 0 Å². The summed E-state index contributed by atoms with van der Waals surface area (Å²) >= 11 is 0.